The number of halogens is 1. The number of aryl methyl sites for hydroxylation is 4. The lowest BCUT2D eigenvalue weighted by molar-refractivity contribution is 0.520. The van der Waals surface area contributed by atoms with Crippen molar-refractivity contribution in [1.29, 1.82) is 0 Å². The third kappa shape index (κ3) is 3.51. The topological polar surface area (TPSA) is 48.5 Å². The average Bonchev–Trinajstić information content (AvgIpc) is 3.28. The number of hydrogen-bond acceptors (Lipinski definition) is 3. The molecule has 2 aromatic carbocycles. The molecule has 4 aromatic rings. The summed E-state index contributed by atoms with van der Waals surface area (Å²) in [6.45, 7) is 5.11. The molecular weight excluding hydrogens is 341 g/mol. The van der Waals surface area contributed by atoms with E-state index in [4.69, 9.17) is 0 Å². The fraction of sp³-hybridized carbons (Fsp3) is 0.190. The van der Waals surface area contributed by atoms with E-state index < -0.39 is 0 Å². The van der Waals surface area contributed by atoms with Crippen LogP contribution in [0.4, 0.5) is 4.39 Å². The van der Waals surface area contributed by atoms with Crippen molar-refractivity contribution in [2.24, 2.45) is 0 Å². The molecule has 0 fully saturated rings. The summed E-state index contributed by atoms with van der Waals surface area (Å²) in [5, 5.41) is 8.10. The van der Waals surface area contributed by atoms with Gasteiger partial charge in [0.15, 0.2) is 0 Å². The summed E-state index contributed by atoms with van der Waals surface area (Å²) in [4.78, 5) is 4.60. The normalized spacial score (nSPS) is 11.1. The van der Waals surface area contributed by atoms with Crippen LogP contribution >= 0.6 is 0 Å². The molecule has 0 bridgehead atoms. The number of rotatable bonds is 5. The fourth-order valence-electron chi connectivity index (χ4n) is 3.18. The van der Waals surface area contributed by atoms with Crippen LogP contribution in [0.3, 0.4) is 0 Å². The summed E-state index contributed by atoms with van der Waals surface area (Å²) < 4.78 is 18.5. The number of hydrogen-bond donors (Lipinski definition) is 0. The van der Waals surface area contributed by atoms with Crippen molar-refractivity contribution < 1.29 is 4.39 Å². The first kappa shape index (κ1) is 17.1. The molecule has 4 rings (SSSR count). The second-order valence-electron chi connectivity index (χ2n) is 6.61. The highest BCUT2D eigenvalue weighted by Gasteiger charge is 2.18. The van der Waals surface area contributed by atoms with Gasteiger partial charge in [-0.1, -0.05) is 47.2 Å². The molecule has 2 heterocycles. The number of imidazole rings is 1. The molecule has 0 atom stereocenters. The lowest BCUT2D eigenvalue weighted by atomic mass is 10.0. The van der Waals surface area contributed by atoms with Crippen LogP contribution < -0.4 is 0 Å². The van der Waals surface area contributed by atoms with Gasteiger partial charge < -0.3 is 4.57 Å². The first-order valence-electron chi connectivity index (χ1n) is 8.85. The maximum atomic E-state index is 14.7. The van der Waals surface area contributed by atoms with E-state index in [2.05, 4.69) is 15.3 Å². The van der Waals surface area contributed by atoms with E-state index in [1.54, 1.807) is 17.1 Å². The molecular formula is C21H20FN5. The van der Waals surface area contributed by atoms with Crippen molar-refractivity contribution in [2.45, 2.75) is 26.9 Å². The lowest BCUT2D eigenvalue weighted by Crippen LogP contribution is -2.09. The van der Waals surface area contributed by atoms with E-state index in [0.717, 1.165) is 28.2 Å². The van der Waals surface area contributed by atoms with Crippen molar-refractivity contribution in [1.82, 2.24) is 24.5 Å². The summed E-state index contributed by atoms with van der Waals surface area (Å²) in [6.07, 6.45) is 3.66. The van der Waals surface area contributed by atoms with Crippen LogP contribution in [-0.2, 0) is 13.1 Å². The molecule has 0 aliphatic carbocycles. The van der Waals surface area contributed by atoms with E-state index in [1.165, 1.54) is 6.07 Å². The fourth-order valence-corrected chi connectivity index (χ4v) is 3.18. The van der Waals surface area contributed by atoms with E-state index in [0.29, 0.717) is 18.7 Å². The number of aromatic nitrogens is 5. The largest absolute Gasteiger partial charge is 0.328 e. The molecule has 0 saturated heterocycles. The highest BCUT2D eigenvalue weighted by atomic mass is 19.1. The van der Waals surface area contributed by atoms with Gasteiger partial charge >= 0.3 is 0 Å². The third-order valence-electron chi connectivity index (χ3n) is 4.49. The van der Waals surface area contributed by atoms with Crippen LogP contribution in [-0.4, -0.2) is 24.5 Å². The predicted octanol–water partition coefficient (Wildman–Crippen LogP) is 4.26. The van der Waals surface area contributed by atoms with Gasteiger partial charge in [-0.25, -0.2) is 9.37 Å². The predicted molar refractivity (Wildman–Crippen MR) is 103 cm³/mol. The molecule has 27 heavy (non-hydrogen) atoms. The minimum atomic E-state index is -0.254. The Bertz CT molecular complexity index is 1070. The van der Waals surface area contributed by atoms with Crippen LogP contribution in [0.25, 0.3) is 22.5 Å². The standard InChI is InChI=1S/C21H20FN5/c1-15-8-9-19(22)18(12-15)21-20(17-6-4-3-5-7-17)23-14-26(21)10-11-27-13-16(2)24-25-27/h3-9,12-14H,10-11H2,1-2H3. The molecule has 0 aliphatic rings. The summed E-state index contributed by atoms with van der Waals surface area (Å²) in [5.41, 5.74) is 4.94. The maximum absolute atomic E-state index is 14.7. The Morgan fingerprint density at radius 2 is 1.81 bits per heavy atom. The molecule has 0 spiro atoms. The van der Waals surface area contributed by atoms with Gasteiger partial charge in [0.25, 0.3) is 0 Å². The summed E-state index contributed by atoms with van der Waals surface area (Å²) in [6, 6.07) is 15.0. The second-order valence-corrected chi connectivity index (χ2v) is 6.61. The molecule has 136 valence electrons. The van der Waals surface area contributed by atoms with Crippen molar-refractivity contribution in [2.75, 3.05) is 0 Å². The van der Waals surface area contributed by atoms with E-state index >= 15 is 0 Å². The van der Waals surface area contributed by atoms with E-state index in [-0.39, 0.29) is 5.82 Å². The molecule has 0 N–H and O–H groups in total. The minimum Gasteiger partial charge on any atom is -0.328 e. The first-order chi connectivity index (χ1) is 13.1. The van der Waals surface area contributed by atoms with Crippen LogP contribution in [0.15, 0.2) is 61.1 Å². The summed E-state index contributed by atoms with van der Waals surface area (Å²) in [7, 11) is 0. The van der Waals surface area contributed by atoms with Gasteiger partial charge in [0.1, 0.15) is 5.82 Å². The lowest BCUT2D eigenvalue weighted by Gasteiger charge is -2.12. The molecule has 0 amide bonds. The van der Waals surface area contributed by atoms with Crippen LogP contribution in [0.2, 0.25) is 0 Å². The second kappa shape index (κ2) is 7.15. The molecule has 0 aliphatic heterocycles. The minimum absolute atomic E-state index is 0.254. The van der Waals surface area contributed by atoms with Crippen molar-refractivity contribution in [3.63, 3.8) is 0 Å². The maximum Gasteiger partial charge on any atom is 0.132 e. The van der Waals surface area contributed by atoms with E-state index in [9.17, 15) is 4.39 Å². The zero-order valence-corrected chi connectivity index (χ0v) is 15.3. The Balaban J connectivity index is 1.79. The van der Waals surface area contributed by atoms with Gasteiger partial charge in [-0.3, -0.25) is 4.68 Å². The Labute approximate surface area is 157 Å². The Kier molecular flexibility index (Phi) is 4.54. The van der Waals surface area contributed by atoms with Gasteiger partial charge in [0.2, 0.25) is 0 Å². The average molecular weight is 361 g/mol. The molecule has 0 unspecified atom stereocenters. The highest BCUT2D eigenvalue weighted by Crippen LogP contribution is 2.33. The third-order valence-corrected chi connectivity index (χ3v) is 4.49. The number of benzene rings is 2. The quantitative estimate of drug-likeness (QED) is 0.533. The Morgan fingerprint density at radius 3 is 2.56 bits per heavy atom. The smallest absolute Gasteiger partial charge is 0.132 e. The van der Waals surface area contributed by atoms with Crippen molar-refractivity contribution >= 4 is 0 Å². The van der Waals surface area contributed by atoms with E-state index in [1.807, 2.05) is 61.0 Å². The van der Waals surface area contributed by atoms with Gasteiger partial charge in [-0.15, -0.1) is 5.10 Å². The van der Waals surface area contributed by atoms with Crippen LogP contribution in [0.5, 0.6) is 0 Å². The highest BCUT2D eigenvalue weighted by molar-refractivity contribution is 5.79. The van der Waals surface area contributed by atoms with Crippen molar-refractivity contribution in [3.8, 4) is 22.5 Å². The number of nitrogens with zero attached hydrogens (tertiary/aromatic N) is 5. The molecule has 5 nitrogen and oxygen atoms in total. The summed E-state index contributed by atoms with van der Waals surface area (Å²) >= 11 is 0. The zero-order chi connectivity index (χ0) is 18.8. The van der Waals surface area contributed by atoms with Crippen molar-refractivity contribution in [3.05, 3.63) is 78.1 Å². The molecule has 0 saturated carbocycles. The monoisotopic (exact) mass is 361 g/mol. The van der Waals surface area contributed by atoms with Crippen LogP contribution in [0.1, 0.15) is 11.3 Å². The van der Waals surface area contributed by atoms with Gasteiger partial charge in [-0.2, -0.15) is 0 Å². The molecule has 6 heteroatoms. The molecule has 0 radical (unpaired) electrons. The van der Waals surface area contributed by atoms with Gasteiger partial charge in [0.05, 0.1) is 30.0 Å². The van der Waals surface area contributed by atoms with Gasteiger partial charge in [-0.05, 0) is 26.0 Å². The van der Waals surface area contributed by atoms with Crippen LogP contribution in [0, 0.1) is 19.7 Å². The zero-order valence-electron chi connectivity index (χ0n) is 15.3. The Hall–Kier alpha value is -3.28. The molecule has 2 aromatic heterocycles. The summed E-state index contributed by atoms with van der Waals surface area (Å²) in [5.74, 6) is -0.254. The first-order valence-corrected chi connectivity index (χ1v) is 8.85. The Morgan fingerprint density at radius 1 is 1.00 bits per heavy atom. The SMILES string of the molecule is Cc1ccc(F)c(-c2c(-c3ccccc3)ncn2CCn2cc(C)nn2)c1. The van der Waals surface area contributed by atoms with Gasteiger partial charge in [0, 0.05) is 23.9 Å².